The van der Waals surface area contributed by atoms with Crippen molar-refractivity contribution in [3.63, 3.8) is 0 Å². The third-order valence-electron chi connectivity index (χ3n) is 2.98. The molecule has 1 aromatic rings. The number of hydrogen-bond donors (Lipinski definition) is 0. The molecule has 0 saturated heterocycles. The highest BCUT2D eigenvalue weighted by molar-refractivity contribution is 5.23. The SMILES string of the molecule is CC1CCc2cncnc2C1C. The van der Waals surface area contributed by atoms with E-state index in [1.54, 1.807) is 6.33 Å². The third-order valence-corrected chi connectivity index (χ3v) is 2.98. The standard InChI is InChI=1S/C10H14N2/c1-7-3-4-9-5-11-6-12-10(9)8(7)2/h5-8H,3-4H2,1-2H3. The lowest BCUT2D eigenvalue weighted by atomic mass is 9.80. The molecule has 1 aromatic heterocycles. The quantitative estimate of drug-likeness (QED) is 0.584. The topological polar surface area (TPSA) is 25.8 Å². The van der Waals surface area contributed by atoms with Crippen LogP contribution in [0.4, 0.5) is 0 Å². The summed E-state index contributed by atoms with van der Waals surface area (Å²) in [5, 5.41) is 0. The van der Waals surface area contributed by atoms with Crippen LogP contribution in [0.15, 0.2) is 12.5 Å². The highest BCUT2D eigenvalue weighted by Crippen LogP contribution is 2.33. The molecule has 2 heteroatoms. The number of hydrogen-bond acceptors (Lipinski definition) is 2. The van der Waals surface area contributed by atoms with E-state index in [2.05, 4.69) is 23.8 Å². The summed E-state index contributed by atoms with van der Waals surface area (Å²) >= 11 is 0. The first-order chi connectivity index (χ1) is 5.79. The van der Waals surface area contributed by atoms with E-state index < -0.39 is 0 Å². The fourth-order valence-corrected chi connectivity index (χ4v) is 1.87. The fourth-order valence-electron chi connectivity index (χ4n) is 1.87. The van der Waals surface area contributed by atoms with Crippen LogP contribution < -0.4 is 0 Å². The largest absolute Gasteiger partial charge is 0.245 e. The molecule has 2 nitrogen and oxygen atoms in total. The predicted octanol–water partition coefficient (Wildman–Crippen LogP) is 2.16. The minimum absolute atomic E-state index is 0.608. The van der Waals surface area contributed by atoms with Gasteiger partial charge in [0.15, 0.2) is 0 Å². The second kappa shape index (κ2) is 2.85. The molecule has 0 spiro atoms. The predicted molar refractivity (Wildman–Crippen MR) is 47.9 cm³/mol. The van der Waals surface area contributed by atoms with Crippen molar-refractivity contribution in [3.8, 4) is 0 Å². The van der Waals surface area contributed by atoms with Gasteiger partial charge in [-0.2, -0.15) is 0 Å². The maximum atomic E-state index is 4.34. The molecule has 0 saturated carbocycles. The minimum atomic E-state index is 0.608. The molecular formula is C10H14N2. The number of aromatic nitrogens is 2. The summed E-state index contributed by atoms with van der Waals surface area (Å²) in [7, 11) is 0. The van der Waals surface area contributed by atoms with E-state index in [0.717, 1.165) is 12.3 Å². The Labute approximate surface area is 73.1 Å². The smallest absolute Gasteiger partial charge is 0.115 e. The van der Waals surface area contributed by atoms with Gasteiger partial charge in [-0.05, 0) is 24.3 Å². The maximum Gasteiger partial charge on any atom is 0.115 e. The second-order valence-corrected chi connectivity index (χ2v) is 3.74. The molecule has 0 fully saturated rings. The molecule has 2 unspecified atom stereocenters. The summed E-state index contributed by atoms with van der Waals surface area (Å²) in [5.74, 6) is 1.38. The van der Waals surface area contributed by atoms with Gasteiger partial charge in [-0.15, -0.1) is 0 Å². The fraction of sp³-hybridized carbons (Fsp3) is 0.600. The maximum absolute atomic E-state index is 4.34. The molecule has 64 valence electrons. The van der Waals surface area contributed by atoms with Crippen LogP contribution in [0.25, 0.3) is 0 Å². The van der Waals surface area contributed by atoms with Crippen molar-refractivity contribution in [2.24, 2.45) is 5.92 Å². The van der Waals surface area contributed by atoms with Gasteiger partial charge in [-0.25, -0.2) is 9.97 Å². The molecule has 0 aliphatic heterocycles. The van der Waals surface area contributed by atoms with E-state index in [-0.39, 0.29) is 0 Å². The van der Waals surface area contributed by atoms with Gasteiger partial charge in [0, 0.05) is 17.8 Å². The van der Waals surface area contributed by atoms with Crippen molar-refractivity contribution in [2.75, 3.05) is 0 Å². The zero-order valence-electron chi connectivity index (χ0n) is 7.62. The van der Waals surface area contributed by atoms with Crippen LogP contribution in [-0.4, -0.2) is 9.97 Å². The van der Waals surface area contributed by atoms with E-state index >= 15 is 0 Å². The highest BCUT2D eigenvalue weighted by Gasteiger charge is 2.23. The molecule has 0 bridgehead atoms. The van der Waals surface area contributed by atoms with Crippen LogP contribution in [0.1, 0.15) is 37.4 Å². The van der Waals surface area contributed by atoms with Crippen molar-refractivity contribution in [1.29, 1.82) is 0 Å². The molecule has 0 amide bonds. The van der Waals surface area contributed by atoms with Crippen LogP contribution in [0, 0.1) is 5.92 Å². The van der Waals surface area contributed by atoms with Crippen molar-refractivity contribution in [2.45, 2.75) is 32.6 Å². The molecule has 1 aliphatic rings. The van der Waals surface area contributed by atoms with Crippen LogP contribution in [0.5, 0.6) is 0 Å². The summed E-state index contributed by atoms with van der Waals surface area (Å²) in [4.78, 5) is 8.39. The summed E-state index contributed by atoms with van der Waals surface area (Å²) in [6.07, 6.45) is 6.06. The lowest BCUT2D eigenvalue weighted by Crippen LogP contribution is -2.17. The van der Waals surface area contributed by atoms with E-state index in [1.165, 1.54) is 17.7 Å². The summed E-state index contributed by atoms with van der Waals surface area (Å²) < 4.78 is 0. The molecular weight excluding hydrogens is 148 g/mol. The first kappa shape index (κ1) is 7.71. The molecule has 1 aliphatic carbocycles. The first-order valence-corrected chi connectivity index (χ1v) is 4.58. The average Bonchev–Trinajstić information content (AvgIpc) is 2.12. The van der Waals surface area contributed by atoms with E-state index in [9.17, 15) is 0 Å². The van der Waals surface area contributed by atoms with Gasteiger partial charge in [-0.3, -0.25) is 0 Å². The van der Waals surface area contributed by atoms with Crippen molar-refractivity contribution in [1.82, 2.24) is 9.97 Å². The minimum Gasteiger partial charge on any atom is -0.245 e. The Morgan fingerprint density at radius 2 is 2.25 bits per heavy atom. The number of aryl methyl sites for hydroxylation is 1. The van der Waals surface area contributed by atoms with Crippen LogP contribution >= 0.6 is 0 Å². The van der Waals surface area contributed by atoms with Gasteiger partial charge in [0.1, 0.15) is 6.33 Å². The Hall–Kier alpha value is -0.920. The van der Waals surface area contributed by atoms with E-state index in [0.29, 0.717) is 5.92 Å². The Kier molecular flexibility index (Phi) is 1.83. The second-order valence-electron chi connectivity index (χ2n) is 3.74. The lowest BCUT2D eigenvalue weighted by Gasteiger charge is -2.26. The third kappa shape index (κ3) is 1.11. The summed E-state index contributed by atoms with van der Waals surface area (Å²) in [5.41, 5.74) is 2.62. The lowest BCUT2D eigenvalue weighted by molar-refractivity contribution is 0.415. The Morgan fingerprint density at radius 3 is 3.08 bits per heavy atom. The van der Waals surface area contributed by atoms with Crippen LogP contribution in [0.3, 0.4) is 0 Å². The Balaban J connectivity index is 2.42. The van der Waals surface area contributed by atoms with Crippen molar-refractivity contribution >= 4 is 0 Å². The number of fused-ring (bicyclic) bond motifs is 1. The average molecular weight is 162 g/mol. The first-order valence-electron chi connectivity index (χ1n) is 4.58. The van der Waals surface area contributed by atoms with Crippen LogP contribution in [0.2, 0.25) is 0 Å². The molecule has 0 aromatic carbocycles. The zero-order chi connectivity index (χ0) is 8.55. The van der Waals surface area contributed by atoms with Gasteiger partial charge >= 0.3 is 0 Å². The van der Waals surface area contributed by atoms with Gasteiger partial charge in [0.25, 0.3) is 0 Å². The van der Waals surface area contributed by atoms with Gasteiger partial charge < -0.3 is 0 Å². The molecule has 1 heterocycles. The van der Waals surface area contributed by atoms with Gasteiger partial charge in [0.2, 0.25) is 0 Å². The molecule has 2 rings (SSSR count). The summed E-state index contributed by atoms with van der Waals surface area (Å²) in [6, 6.07) is 0. The van der Waals surface area contributed by atoms with Crippen LogP contribution in [-0.2, 0) is 6.42 Å². The molecule has 12 heavy (non-hydrogen) atoms. The number of nitrogens with zero attached hydrogens (tertiary/aromatic N) is 2. The molecule has 2 atom stereocenters. The Morgan fingerprint density at radius 1 is 1.42 bits per heavy atom. The van der Waals surface area contributed by atoms with Crippen molar-refractivity contribution < 1.29 is 0 Å². The summed E-state index contributed by atoms with van der Waals surface area (Å²) in [6.45, 7) is 4.56. The van der Waals surface area contributed by atoms with E-state index in [1.807, 2.05) is 6.20 Å². The van der Waals surface area contributed by atoms with Gasteiger partial charge in [0.05, 0.1) is 0 Å². The molecule has 0 radical (unpaired) electrons. The van der Waals surface area contributed by atoms with Crippen molar-refractivity contribution in [3.05, 3.63) is 23.8 Å². The zero-order valence-corrected chi connectivity index (χ0v) is 7.62. The Bertz CT molecular complexity index is 283. The van der Waals surface area contributed by atoms with Gasteiger partial charge in [-0.1, -0.05) is 13.8 Å². The highest BCUT2D eigenvalue weighted by atomic mass is 14.8. The normalized spacial score (nSPS) is 28.2. The van der Waals surface area contributed by atoms with E-state index in [4.69, 9.17) is 0 Å². The molecule has 0 N–H and O–H groups in total. The monoisotopic (exact) mass is 162 g/mol. The number of rotatable bonds is 0.